The van der Waals surface area contributed by atoms with E-state index in [9.17, 15) is 5.11 Å². The normalized spacial score (nSPS) is 19.8. The van der Waals surface area contributed by atoms with Crippen molar-refractivity contribution >= 4 is 12.9 Å². The number of nitrogens with zero attached hydrogens (tertiary/aromatic N) is 2. The van der Waals surface area contributed by atoms with Gasteiger partial charge in [-0.05, 0) is 27.5 Å². The summed E-state index contributed by atoms with van der Waals surface area (Å²) in [6.07, 6.45) is 0.0209. The van der Waals surface area contributed by atoms with Crippen LogP contribution in [-0.2, 0) is 0 Å². The van der Waals surface area contributed by atoms with Crippen LogP contribution in [0.4, 0.5) is 0 Å². The van der Waals surface area contributed by atoms with E-state index in [2.05, 4.69) is 16.7 Å². The van der Waals surface area contributed by atoms with Gasteiger partial charge in [-0.15, -0.1) is 0 Å². The largest absolute Gasteiger partial charge is 0.368 e. The molecule has 2 atom stereocenters. The second kappa shape index (κ2) is 3.95. The molecule has 76 valence electrons. The number of hydrogen-bond acceptors (Lipinski definition) is 5. The fraction of sp³-hybridized carbons (Fsp3) is 0.750. The minimum absolute atomic E-state index is 0.634. The average molecular weight is 187 g/mol. The van der Waals surface area contributed by atoms with Crippen molar-refractivity contribution in [3.63, 3.8) is 0 Å². The average Bonchev–Trinajstić information content (AvgIpc) is 1.98. The summed E-state index contributed by atoms with van der Waals surface area (Å²) in [4.78, 5) is 6.98. The van der Waals surface area contributed by atoms with Crippen LogP contribution in [0.15, 0.2) is 9.98 Å². The fourth-order valence-electron chi connectivity index (χ4n) is 0.537. The Hall–Kier alpha value is -0.780. The van der Waals surface area contributed by atoms with Gasteiger partial charge < -0.3 is 15.9 Å². The number of aliphatic hydroxyl groups excluding tert-OH is 1. The molecule has 0 rings (SSSR count). The predicted molar refractivity (Wildman–Crippen MR) is 52.9 cm³/mol. The van der Waals surface area contributed by atoms with Crippen LogP contribution in [0, 0.1) is 0 Å². The number of hydrogen-bond donors (Lipinski definition) is 3. The van der Waals surface area contributed by atoms with E-state index in [0.29, 0.717) is 0 Å². The number of rotatable bonds is 4. The van der Waals surface area contributed by atoms with Crippen LogP contribution < -0.4 is 5.73 Å². The second-order valence-electron chi connectivity index (χ2n) is 3.73. The van der Waals surface area contributed by atoms with Gasteiger partial charge >= 0.3 is 0 Å². The van der Waals surface area contributed by atoms with Crippen molar-refractivity contribution in [1.82, 2.24) is 0 Å². The summed E-state index contributed by atoms with van der Waals surface area (Å²) in [7, 11) is 0. The summed E-state index contributed by atoms with van der Waals surface area (Å²) in [5, 5.41) is 18.7. The zero-order valence-electron chi connectivity index (χ0n) is 8.23. The van der Waals surface area contributed by atoms with Crippen molar-refractivity contribution in [2.75, 3.05) is 0 Å². The Bertz CT molecular complexity index is 206. The van der Waals surface area contributed by atoms with Crippen molar-refractivity contribution in [1.29, 1.82) is 0 Å². The Kier molecular flexibility index (Phi) is 3.71. The molecule has 0 aromatic carbocycles. The van der Waals surface area contributed by atoms with Gasteiger partial charge in [-0.2, -0.15) is 0 Å². The quantitative estimate of drug-likeness (QED) is 0.519. The molecule has 0 radical (unpaired) electrons. The highest BCUT2D eigenvalue weighted by Crippen LogP contribution is 2.12. The Morgan fingerprint density at radius 1 is 1.46 bits per heavy atom. The van der Waals surface area contributed by atoms with Crippen LogP contribution in [0.3, 0.4) is 0 Å². The van der Waals surface area contributed by atoms with E-state index in [1.165, 1.54) is 13.1 Å². The van der Waals surface area contributed by atoms with Crippen molar-refractivity contribution in [3.8, 4) is 0 Å². The van der Waals surface area contributed by atoms with Gasteiger partial charge in [-0.3, -0.25) is 9.98 Å². The zero-order valence-corrected chi connectivity index (χ0v) is 8.23. The van der Waals surface area contributed by atoms with E-state index in [-0.39, 0.29) is 0 Å². The smallest absolute Gasteiger partial charge is 0.199 e. The van der Waals surface area contributed by atoms with Crippen LogP contribution >= 0.6 is 0 Å². The lowest BCUT2D eigenvalue weighted by atomic mass is 10.1. The standard InChI is InChI=1S/C8H17N3O2/c1-7(2,9)5-11-8(3,13)6(12)10-4/h5-6,12-13H,4,9H2,1-3H3/t6-,8+/m0/s1. The molecule has 0 fully saturated rings. The third-order valence-electron chi connectivity index (χ3n) is 1.32. The molecule has 5 heteroatoms. The minimum atomic E-state index is -1.67. The molecule has 0 bridgehead atoms. The van der Waals surface area contributed by atoms with Gasteiger partial charge in [0.25, 0.3) is 0 Å². The lowest BCUT2D eigenvalue weighted by Crippen LogP contribution is -2.40. The van der Waals surface area contributed by atoms with E-state index in [1.807, 2.05) is 0 Å². The van der Waals surface area contributed by atoms with Crippen molar-refractivity contribution in [3.05, 3.63) is 0 Å². The van der Waals surface area contributed by atoms with Crippen molar-refractivity contribution in [2.45, 2.75) is 38.3 Å². The molecule has 13 heavy (non-hydrogen) atoms. The molecule has 0 saturated carbocycles. The first kappa shape index (κ1) is 12.2. The Labute approximate surface area is 78.0 Å². The molecule has 0 aromatic heterocycles. The van der Waals surface area contributed by atoms with E-state index >= 15 is 0 Å². The van der Waals surface area contributed by atoms with Crippen molar-refractivity contribution < 1.29 is 10.2 Å². The molecular weight excluding hydrogens is 170 g/mol. The number of aliphatic imine (C=N–C) groups is 2. The zero-order chi connectivity index (χ0) is 10.7. The van der Waals surface area contributed by atoms with Gasteiger partial charge in [0, 0.05) is 11.8 Å². The van der Waals surface area contributed by atoms with Gasteiger partial charge in [0.2, 0.25) is 0 Å². The highest BCUT2D eigenvalue weighted by atomic mass is 16.4. The molecular formula is C8H17N3O2. The molecule has 0 heterocycles. The van der Waals surface area contributed by atoms with Crippen LogP contribution in [0.2, 0.25) is 0 Å². The molecule has 0 aliphatic carbocycles. The van der Waals surface area contributed by atoms with Gasteiger partial charge in [0.15, 0.2) is 12.0 Å². The Balaban J connectivity index is 4.50. The SMILES string of the molecule is C=N[C@@H](O)[C@@](C)(O)N=CC(C)(C)N. The minimum Gasteiger partial charge on any atom is -0.368 e. The highest BCUT2D eigenvalue weighted by molar-refractivity contribution is 5.68. The third kappa shape index (κ3) is 4.72. The van der Waals surface area contributed by atoms with Crippen LogP contribution in [0.1, 0.15) is 20.8 Å². The summed E-state index contributed by atoms with van der Waals surface area (Å²) >= 11 is 0. The first-order valence-corrected chi connectivity index (χ1v) is 3.90. The van der Waals surface area contributed by atoms with Gasteiger partial charge in [0.05, 0.1) is 0 Å². The first-order valence-electron chi connectivity index (χ1n) is 3.90. The molecule has 0 saturated heterocycles. The van der Waals surface area contributed by atoms with E-state index in [0.717, 1.165) is 0 Å². The number of nitrogens with two attached hydrogens (primary N) is 1. The third-order valence-corrected chi connectivity index (χ3v) is 1.32. The monoisotopic (exact) mass is 187 g/mol. The fourth-order valence-corrected chi connectivity index (χ4v) is 0.537. The molecule has 0 spiro atoms. The summed E-state index contributed by atoms with van der Waals surface area (Å²) in [6, 6.07) is 0. The maximum Gasteiger partial charge on any atom is 0.199 e. The summed E-state index contributed by atoms with van der Waals surface area (Å²) < 4.78 is 0. The summed E-state index contributed by atoms with van der Waals surface area (Å²) in [5.74, 6) is 0. The maximum absolute atomic E-state index is 9.51. The second-order valence-corrected chi connectivity index (χ2v) is 3.73. The van der Waals surface area contributed by atoms with Crippen LogP contribution in [-0.4, -0.2) is 40.6 Å². The molecule has 0 unspecified atom stereocenters. The lowest BCUT2D eigenvalue weighted by Gasteiger charge is -2.23. The van der Waals surface area contributed by atoms with Crippen molar-refractivity contribution in [2.24, 2.45) is 15.7 Å². The topological polar surface area (TPSA) is 91.2 Å². The molecule has 0 aliphatic heterocycles. The predicted octanol–water partition coefficient (Wildman–Crippen LogP) is -0.478. The van der Waals surface area contributed by atoms with E-state index < -0.39 is 17.5 Å². The number of aliphatic hydroxyl groups is 2. The maximum atomic E-state index is 9.51. The van der Waals surface area contributed by atoms with Crippen LogP contribution in [0.25, 0.3) is 0 Å². The Morgan fingerprint density at radius 3 is 2.23 bits per heavy atom. The van der Waals surface area contributed by atoms with E-state index in [4.69, 9.17) is 10.8 Å². The molecule has 4 N–H and O–H groups in total. The molecule has 0 aromatic rings. The van der Waals surface area contributed by atoms with Crippen LogP contribution in [0.5, 0.6) is 0 Å². The molecule has 5 nitrogen and oxygen atoms in total. The van der Waals surface area contributed by atoms with Gasteiger partial charge in [-0.25, -0.2) is 0 Å². The Morgan fingerprint density at radius 2 is 1.92 bits per heavy atom. The summed E-state index contributed by atoms with van der Waals surface area (Å²) in [5.41, 5.74) is 3.29. The van der Waals surface area contributed by atoms with Gasteiger partial charge in [0.1, 0.15) is 0 Å². The van der Waals surface area contributed by atoms with Gasteiger partial charge in [-0.1, -0.05) is 0 Å². The lowest BCUT2D eigenvalue weighted by molar-refractivity contribution is -0.0492. The summed E-state index contributed by atoms with van der Waals surface area (Å²) in [6.45, 7) is 7.88. The van der Waals surface area contributed by atoms with E-state index in [1.54, 1.807) is 13.8 Å². The first-order chi connectivity index (χ1) is 5.69. The molecule has 0 amide bonds. The molecule has 0 aliphatic rings. The highest BCUT2D eigenvalue weighted by Gasteiger charge is 2.28.